The number of nitrogens with one attached hydrogen (secondary N) is 1. The van der Waals surface area contributed by atoms with Crippen LogP contribution in [0.25, 0.3) is 0 Å². The van der Waals surface area contributed by atoms with Gasteiger partial charge in [-0.25, -0.2) is 0 Å². The summed E-state index contributed by atoms with van der Waals surface area (Å²) in [6.07, 6.45) is 0.265. The first-order chi connectivity index (χ1) is 6.50. The Morgan fingerprint density at radius 2 is 1.86 bits per heavy atom. The molecule has 4 heteroatoms. The Kier molecular flexibility index (Phi) is 6.27. The second-order valence-electron chi connectivity index (χ2n) is 3.93. The van der Waals surface area contributed by atoms with E-state index in [1.165, 1.54) is 0 Å². The number of nitrogens with two attached hydrogens (primary N) is 1. The Morgan fingerprint density at radius 1 is 1.29 bits per heavy atom. The lowest BCUT2D eigenvalue weighted by atomic mass is 9.95. The van der Waals surface area contributed by atoms with Crippen LogP contribution in [0.15, 0.2) is 0 Å². The van der Waals surface area contributed by atoms with Gasteiger partial charge in [-0.15, -0.1) is 0 Å². The number of hydrogen-bond donors (Lipinski definition) is 2. The molecule has 0 radical (unpaired) electrons. The fourth-order valence-corrected chi connectivity index (χ4v) is 1.10. The maximum absolute atomic E-state index is 5.73. The molecular formula is C10H24N2O2. The van der Waals surface area contributed by atoms with Crippen molar-refractivity contribution in [2.45, 2.75) is 38.5 Å². The summed E-state index contributed by atoms with van der Waals surface area (Å²) >= 11 is 0. The van der Waals surface area contributed by atoms with Gasteiger partial charge in [0.1, 0.15) is 0 Å². The highest BCUT2D eigenvalue weighted by Gasteiger charge is 2.29. The summed E-state index contributed by atoms with van der Waals surface area (Å²) in [7, 11) is 3.39. The van der Waals surface area contributed by atoms with E-state index in [9.17, 15) is 0 Å². The van der Waals surface area contributed by atoms with Crippen molar-refractivity contribution >= 4 is 0 Å². The smallest absolute Gasteiger partial charge is 0.0734 e. The topological polar surface area (TPSA) is 56.5 Å². The number of hydrogen-bond acceptors (Lipinski definition) is 4. The van der Waals surface area contributed by atoms with Gasteiger partial charge in [0.25, 0.3) is 0 Å². The Labute approximate surface area is 87.1 Å². The number of rotatable bonds is 7. The van der Waals surface area contributed by atoms with Crippen molar-refractivity contribution in [3.05, 3.63) is 0 Å². The summed E-state index contributed by atoms with van der Waals surface area (Å²) in [4.78, 5) is 0. The van der Waals surface area contributed by atoms with Crippen molar-refractivity contribution in [1.29, 1.82) is 0 Å². The lowest BCUT2D eigenvalue weighted by Gasteiger charge is -2.35. The first-order valence-electron chi connectivity index (χ1n) is 5.00. The van der Waals surface area contributed by atoms with Crippen molar-refractivity contribution in [2.75, 3.05) is 27.3 Å². The average molecular weight is 204 g/mol. The molecule has 0 fully saturated rings. The third-order valence-corrected chi connectivity index (χ3v) is 2.87. The largest absolute Gasteiger partial charge is 0.380 e. The van der Waals surface area contributed by atoms with Crippen LogP contribution in [0.1, 0.15) is 20.8 Å². The van der Waals surface area contributed by atoms with E-state index in [0.717, 1.165) is 6.54 Å². The minimum atomic E-state index is -0.193. The van der Waals surface area contributed by atoms with Crippen molar-refractivity contribution in [2.24, 2.45) is 5.73 Å². The minimum absolute atomic E-state index is 0.0801. The standard InChI is InChI=1S/C10H24N2O2/c1-8(13-4)6-12-10(3,7-11)9(2)14-5/h8-9,12H,6-7,11H2,1-5H3. The van der Waals surface area contributed by atoms with Crippen LogP contribution in [-0.2, 0) is 9.47 Å². The van der Waals surface area contributed by atoms with Crippen molar-refractivity contribution in [3.8, 4) is 0 Å². The Morgan fingerprint density at radius 3 is 2.21 bits per heavy atom. The van der Waals surface area contributed by atoms with Crippen LogP contribution in [0.2, 0.25) is 0 Å². The molecule has 3 N–H and O–H groups in total. The molecule has 0 aromatic heterocycles. The van der Waals surface area contributed by atoms with Gasteiger partial charge < -0.3 is 20.5 Å². The molecule has 0 rings (SSSR count). The van der Waals surface area contributed by atoms with Gasteiger partial charge >= 0.3 is 0 Å². The van der Waals surface area contributed by atoms with E-state index in [1.807, 2.05) is 13.8 Å². The molecule has 86 valence electrons. The predicted molar refractivity (Wildman–Crippen MR) is 58.4 cm³/mol. The van der Waals surface area contributed by atoms with Crippen molar-refractivity contribution in [1.82, 2.24) is 5.32 Å². The second-order valence-corrected chi connectivity index (χ2v) is 3.93. The zero-order valence-corrected chi connectivity index (χ0v) is 9.96. The van der Waals surface area contributed by atoms with E-state index < -0.39 is 0 Å². The maximum atomic E-state index is 5.73. The molecule has 0 amide bonds. The van der Waals surface area contributed by atoms with Gasteiger partial charge in [0.15, 0.2) is 0 Å². The Bertz CT molecular complexity index is 155. The third-order valence-electron chi connectivity index (χ3n) is 2.87. The molecule has 0 aromatic carbocycles. The summed E-state index contributed by atoms with van der Waals surface area (Å²) in [6.45, 7) is 7.40. The van der Waals surface area contributed by atoms with Crippen LogP contribution in [0.3, 0.4) is 0 Å². The molecule has 3 atom stereocenters. The van der Waals surface area contributed by atoms with E-state index >= 15 is 0 Å². The molecule has 3 unspecified atom stereocenters. The monoisotopic (exact) mass is 204 g/mol. The van der Waals surface area contributed by atoms with E-state index in [4.69, 9.17) is 15.2 Å². The summed E-state index contributed by atoms with van der Waals surface area (Å²) in [5.74, 6) is 0. The van der Waals surface area contributed by atoms with Gasteiger partial charge in [-0.05, 0) is 20.8 Å². The van der Waals surface area contributed by atoms with Crippen LogP contribution < -0.4 is 11.1 Å². The summed E-state index contributed by atoms with van der Waals surface area (Å²) in [5, 5.41) is 3.37. The lowest BCUT2D eigenvalue weighted by molar-refractivity contribution is 0.0310. The molecule has 4 nitrogen and oxygen atoms in total. The molecule has 0 aromatic rings. The second kappa shape index (κ2) is 6.35. The number of methoxy groups -OCH3 is 2. The van der Waals surface area contributed by atoms with Gasteiger partial charge in [0.05, 0.1) is 17.7 Å². The van der Waals surface area contributed by atoms with E-state index in [1.54, 1.807) is 14.2 Å². The molecule has 14 heavy (non-hydrogen) atoms. The molecule has 0 aliphatic heterocycles. The van der Waals surface area contributed by atoms with Gasteiger partial charge in [0, 0.05) is 27.3 Å². The van der Waals surface area contributed by atoms with Gasteiger partial charge in [-0.1, -0.05) is 0 Å². The third kappa shape index (κ3) is 3.92. The minimum Gasteiger partial charge on any atom is -0.380 e. The molecule has 0 bridgehead atoms. The molecule has 0 heterocycles. The molecule has 0 spiro atoms. The first kappa shape index (κ1) is 13.8. The van der Waals surface area contributed by atoms with E-state index in [0.29, 0.717) is 6.54 Å². The van der Waals surface area contributed by atoms with Crippen LogP contribution >= 0.6 is 0 Å². The fraction of sp³-hybridized carbons (Fsp3) is 1.00. The van der Waals surface area contributed by atoms with E-state index in [-0.39, 0.29) is 17.7 Å². The van der Waals surface area contributed by atoms with Crippen LogP contribution in [0.4, 0.5) is 0 Å². The molecular weight excluding hydrogens is 180 g/mol. The van der Waals surface area contributed by atoms with Crippen LogP contribution in [0, 0.1) is 0 Å². The van der Waals surface area contributed by atoms with Crippen LogP contribution in [0.5, 0.6) is 0 Å². The lowest BCUT2D eigenvalue weighted by Crippen LogP contribution is -2.58. The van der Waals surface area contributed by atoms with Gasteiger partial charge in [0.2, 0.25) is 0 Å². The summed E-state index contributed by atoms with van der Waals surface area (Å²) < 4.78 is 10.4. The summed E-state index contributed by atoms with van der Waals surface area (Å²) in [5.41, 5.74) is 5.53. The predicted octanol–water partition coefficient (Wildman–Crippen LogP) is 0.363. The highest BCUT2D eigenvalue weighted by molar-refractivity contribution is 4.90. The maximum Gasteiger partial charge on any atom is 0.0734 e. The Hall–Kier alpha value is -0.160. The van der Waals surface area contributed by atoms with Crippen LogP contribution in [-0.4, -0.2) is 45.1 Å². The van der Waals surface area contributed by atoms with Crippen molar-refractivity contribution < 1.29 is 9.47 Å². The van der Waals surface area contributed by atoms with Crippen molar-refractivity contribution in [3.63, 3.8) is 0 Å². The van der Waals surface area contributed by atoms with Gasteiger partial charge in [-0.3, -0.25) is 0 Å². The highest BCUT2D eigenvalue weighted by atomic mass is 16.5. The molecule has 0 aliphatic rings. The first-order valence-corrected chi connectivity index (χ1v) is 5.00. The van der Waals surface area contributed by atoms with Gasteiger partial charge in [-0.2, -0.15) is 0 Å². The highest BCUT2D eigenvalue weighted by Crippen LogP contribution is 2.11. The molecule has 0 aliphatic carbocycles. The molecule has 0 saturated heterocycles. The molecule has 0 saturated carbocycles. The zero-order valence-electron chi connectivity index (χ0n) is 9.96. The summed E-state index contributed by atoms with van der Waals surface area (Å²) in [6, 6.07) is 0. The fourth-order valence-electron chi connectivity index (χ4n) is 1.10. The Balaban J connectivity index is 4.11. The zero-order chi connectivity index (χ0) is 11.2. The number of ether oxygens (including phenoxy) is 2. The quantitative estimate of drug-likeness (QED) is 0.629. The SMILES string of the molecule is COC(C)CNC(C)(CN)C(C)OC. The normalized spacial score (nSPS) is 20.1. The average Bonchev–Trinajstić information content (AvgIpc) is 2.23. The van der Waals surface area contributed by atoms with E-state index in [2.05, 4.69) is 12.2 Å².